The van der Waals surface area contributed by atoms with Crippen molar-refractivity contribution in [3.8, 4) is 0 Å². The summed E-state index contributed by atoms with van der Waals surface area (Å²) >= 11 is 0. The summed E-state index contributed by atoms with van der Waals surface area (Å²) in [5, 5.41) is 29.6. The second-order valence-corrected chi connectivity index (χ2v) is 3.56. The van der Waals surface area contributed by atoms with Gasteiger partial charge >= 0.3 is 5.95 Å². The van der Waals surface area contributed by atoms with E-state index < -0.39 is 23.2 Å². The molecule has 8 heteroatoms. The third-order valence-electron chi connectivity index (χ3n) is 2.57. The number of aromatic nitrogens is 2. The van der Waals surface area contributed by atoms with Crippen LogP contribution in [0.4, 0.5) is 5.95 Å². The van der Waals surface area contributed by atoms with Crippen molar-refractivity contribution in [3.63, 3.8) is 0 Å². The molecule has 0 radical (unpaired) electrons. The van der Waals surface area contributed by atoms with Crippen molar-refractivity contribution >= 4 is 5.95 Å². The summed E-state index contributed by atoms with van der Waals surface area (Å²) in [5.41, 5.74) is 0. The fraction of sp³-hybridized carbons (Fsp3) is 0.444. The molecule has 0 aliphatic carbocycles. The van der Waals surface area contributed by atoms with Gasteiger partial charge in [0.25, 0.3) is 0 Å². The Kier molecular flexibility index (Phi) is 3.07. The number of hydrogen-bond acceptors (Lipinski definition) is 6. The van der Waals surface area contributed by atoms with Crippen LogP contribution in [0.25, 0.3) is 0 Å². The van der Waals surface area contributed by atoms with Crippen LogP contribution in [-0.2, 0) is 4.74 Å². The molecule has 0 spiro atoms. The third kappa shape index (κ3) is 1.99. The van der Waals surface area contributed by atoms with Crippen molar-refractivity contribution in [1.82, 2.24) is 9.55 Å². The Labute approximate surface area is 95.9 Å². The molecular weight excluding hydrogens is 230 g/mol. The first kappa shape index (κ1) is 11.6. The minimum Gasteiger partial charge on any atom is -0.493 e. The van der Waals surface area contributed by atoms with Crippen molar-refractivity contribution in [2.45, 2.75) is 18.2 Å². The smallest absolute Gasteiger partial charge is 0.435 e. The normalized spacial score (nSPS) is 27.8. The lowest BCUT2D eigenvalue weighted by molar-refractivity contribution is -0.397. The molecule has 1 aliphatic heterocycles. The van der Waals surface area contributed by atoms with Crippen molar-refractivity contribution < 1.29 is 19.9 Å². The van der Waals surface area contributed by atoms with Gasteiger partial charge in [-0.1, -0.05) is 4.98 Å². The molecular formula is C9H11N3O5. The molecule has 17 heavy (non-hydrogen) atoms. The van der Waals surface area contributed by atoms with Crippen molar-refractivity contribution in [2.24, 2.45) is 0 Å². The standard InChI is InChI=1S/C9H11N3O5/c13-5-7-8(14)6(1-4-17-7)11-3-2-10-9(11)12(15)16/h1-4,6-8,13-14H,5H2/t6-,7?,8?/m0/s1. The summed E-state index contributed by atoms with van der Waals surface area (Å²) in [7, 11) is 0. The first-order chi connectivity index (χ1) is 8.15. The van der Waals surface area contributed by atoms with Crippen LogP contribution in [0.5, 0.6) is 0 Å². The van der Waals surface area contributed by atoms with Crippen LogP contribution in [0, 0.1) is 10.1 Å². The van der Waals surface area contributed by atoms with Gasteiger partial charge in [-0.25, -0.2) is 4.57 Å². The molecule has 0 saturated heterocycles. The lowest BCUT2D eigenvalue weighted by Gasteiger charge is -2.28. The number of nitro groups is 1. The fourth-order valence-corrected chi connectivity index (χ4v) is 1.73. The molecule has 0 amide bonds. The molecule has 0 fully saturated rings. The zero-order valence-electron chi connectivity index (χ0n) is 8.71. The van der Waals surface area contributed by atoms with Gasteiger partial charge in [-0.2, -0.15) is 0 Å². The topological polar surface area (TPSA) is 111 Å². The van der Waals surface area contributed by atoms with Crippen molar-refractivity contribution in [2.75, 3.05) is 6.61 Å². The van der Waals surface area contributed by atoms with Gasteiger partial charge in [0.05, 0.1) is 12.9 Å². The molecule has 1 aromatic heterocycles. The van der Waals surface area contributed by atoms with E-state index in [0.29, 0.717) is 0 Å². The molecule has 2 unspecified atom stereocenters. The van der Waals surface area contributed by atoms with E-state index in [1.165, 1.54) is 29.3 Å². The van der Waals surface area contributed by atoms with Crippen LogP contribution < -0.4 is 0 Å². The lowest BCUT2D eigenvalue weighted by Crippen LogP contribution is -2.40. The molecule has 0 aromatic carbocycles. The molecule has 0 saturated carbocycles. The molecule has 92 valence electrons. The molecule has 1 aromatic rings. The quantitative estimate of drug-likeness (QED) is 0.550. The van der Waals surface area contributed by atoms with Gasteiger partial charge in [-0.15, -0.1) is 0 Å². The molecule has 3 atom stereocenters. The van der Waals surface area contributed by atoms with Gasteiger partial charge in [-0.05, 0) is 11.0 Å². The highest BCUT2D eigenvalue weighted by Gasteiger charge is 2.35. The van der Waals surface area contributed by atoms with E-state index in [4.69, 9.17) is 9.84 Å². The summed E-state index contributed by atoms with van der Waals surface area (Å²) in [6, 6.07) is -0.677. The van der Waals surface area contributed by atoms with E-state index in [-0.39, 0.29) is 12.6 Å². The minimum atomic E-state index is -1.07. The monoisotopic (exact) mass is 241 g/mol. The Hall–Kier alpha value is -1.93. The average molecular weight is 241 g/mol. The Morgan fingerprint density at radius 2 is 2.41 bits per heavy atom. The van der Waals surface area contributed by atoms with Crippen molar-refractivity contribution in [1.29, 1.82) is 0 Å². The van der Waals surface area contributed by atoms with Gasteiger partial charge in [0.1, 0.15) is 24.5 Å². The Morgan fingerprint density at radius 3 is 3.06 bits per heavy atom. The summed E-state index contributed by atoms with van der Waals surface area (Å²) < 4.78 is 6.21. The summed E-state index contributed by atoms with van der Waals surface area (Å²) in [6.45, 7) is -0.371. The van der Waals surface area contributed by atoms with Gasteiger partial charge in [0.15, 0.2) is 6.10 Å². The maximum Gasteiger partial charge on any atom is 0.435 e. The Morgan fingerprint density at radius 1 is 1.65 bits per heavy atom. The predicted octanol–water partition coefficient (Wildman–Crippen LogP) is -0.402. The lowest BCUT2D eigenvalue weighted by atomic mass is 10.0. The summed E-state index contributed by atoms with van der Waals surface area (Å²) in [4.78, 5) is 13.7. The number of ether oxygens (including phenoxy) is 1. The van der Waals surface area contributed by atoms with Gasteiger partial charge in [0, 0.05) is 0 Å². The van der Waals surface area contributed by atoms with E-state index >= 15 is 0 Å². The number of imidazole rings is 1. The average Bonchev–Trinajstić information content (AvgIpc) is 2.78. The molecule has 1 aliphatic rings. The molecule has 2 N–H and O–H groups in total. The highest BCUT2D eigenvalue weighted by atomic mass is 16.6. The molecule has 2 rings (SSSR count). The van der Waals surface area contributed by atoms with E-state index in [1.54, 1.807) is 0 Å². The van der Waals surface area contributed by atoms with E-state index in [1.807, 2.05) is 0 Å². The van der Waals surface area contributed by atoms with Gasteiger partial charge in [0.2, 0.25) is 0 Å². The van der Waals surface area contributed by atoms with E-state index in [2.05, 4.69) is 4.98 Å². The first-order valence-corrected chi connectivity index (χ1v) is 4.93. The number of rotatable bonds is 3. The molecule has 2 heterocycles. The highest BCUT2D eigenvalue weighted by Crippen LogP contribution is 2.26. The number of hydrogen-bond donors (Lipinski definition) is 2. The second-order valence-electron chi connectivity index (χ2n) is 3.56. The van der Waals surface area contributed by atoms with Crippen LogP contribution in [-0.4, -0.2) is 43.5 Å². The fourth-order valence-electron chi connectivity index (χ4n) is 1.73. The van der Waals surface area contributed by atoms with E-state index in [0.717, 1.165) is 0 Å². The second kappa shape index (κ2) is 4.52. The maximum absolute atomic E-state index is 10.7. The van der Waals surface area contributed by atoms with E-state index in [9.17, 15) is 15.2 Å². The van der Waals surface area contributed by atoms with Crippen LogP contribution in [0.3, 0.4) is 0 Å². The predicted molar refractivity (Wildman–Crippen MR) is 55.0 cm³/mol. The SMILES string of the molecule is O=[N+]([O-])c1nccn1[C@H]1C=COC(CO)C1O. The van der Waals surface area contributed by atoms with Crippen LogP contribution in [0.1, 0.15) is 6.04 Å². The Balaban J connectivity index is 2.33. The van der Waals surface area contributed by atoms with Crippen LogP contribution in [0.15, 0.2) is 24.7 Å². The number of nitrogens with zero attached hydrogens (tertiary/aromatic N) is 3. The van der Waals surface area contributed by atoms with Crippen LogP contribution >= 0.6 is 0 Å². The van der Waals surface area contributed by atoms with Gasteiger partial charge < -0.3 is 25.1 Å². The first-order valence-electron chi connectivity index (χ1n) is 4.93. The molecule has 8 nitrogen and oxygen atoms in total. The van der Waals surface area contributed by atoms with Crippen LogP contribution in [0.2, 0.25) is 0 Å². The largest absolute Gasteiger partial charge is 0.493 e. The third-order valence-corrected chi connectivity index (χ3v) is 2.57. The summed E-state index contributed by atoms with van der Waals surface area (Å²) in [5.74, 6) is -0.364. The number of aliphatic hydroxyl groups is 2. The Bertz CT molecular complexity index is 444. The summed E-state index contributed by atoms with van der Waals surface area (Å²) in [6.07, 6.45) is 3.59. The highest BCUT2D eigenvalue weighted by molar-refractivity contribution is 5.14. The zero-order chi connectivity index (χ0) is 12.4. The van der Waals surface area contributed by atoms with Gasteiger partial charge in [-0.3, -0.25) is 0 Å². The number of aliphatic hydroxyl groups excluding tert-OH is 2. The van der Waals surface area contributed by atoms with Crippen molar-refractivity contribution in [3.05, 3.63) is 34.8 Å². The molecule has 0 bridgehead atoms. The maximum atomic E-state index is 10.7. The minimum absolute atomic E-state index is 0.364. The zero-order valence-corrected chi connectivity index (χ0v) is 8.71.